The molecular formula is C20H22N4O5. The summed E-state index contributed by atoms with van der Waals surface area (Å²) in [4.78, 5) is 33.4. The molecule has 0 saturated carbocycles. The number of nitrogens with zero attached hydrogens (tertiary/aromatic N) is 2. The Morgan fingerprint density at radius 2 is 1.93 bits per heavy atom. The van der Waals surface area contributed by atoms with Crippen LogP contribution in [0.25, 0.3) is 0 Å². The van der Waals surface area contributed by atoms with Crippen molar-refractivity contribution >= 4 is 23.7 Å². The minimum absolute atomic E-state index is 0.0213. The molecule has 0 spiro atoms. The Morgan fingerprint density at radius 1 is 1.17 bits per heavy atom. The van der Waals surface area contributed by atoms with Gasteiger partial charge >= 0.3 is 11.8 Å². The van der Waals surface area contributed by atoms with E-state index in [0.29, 0.717) is 17.9 Å². The molecule has 2 aromatic rings. The van der Waals surface area contributed by atoms with Gasteiger partial charge in [0, 0.05) is 18.7 Å². The first-order chi connectivity index (χ1) is 14.0. The predicted molar refractivity (Wildman–Crippen MR) is 108 cm³/mol. The van der Waals surface area contributed by atoms with Crippen LogP contribution in [0.15, 0.2) is 53.6 Å². The fraction of sp³-hybridized carbons (Fsp3) is 0.250. The molecule has 0 aliphatic heterocycles. The first-order valence-corrected chi connectivity index (χ1v) is 9.07. The van der Waals surface area contributed by atoms with Crippen LogP contribution in [0, 0.1) is 10.1 Å². The number of nitrogens with one attached hydrogen (secondary N) is 2. The predicted octanol–water partition coefficient (Wildman–Crippen LogP) is 2.54. The number of hydrogen-bond acceptors (Lipinski definition) is 6. The van der Waals surface area contributed by atoms with Crippen LogP contribution >= 0.6 is 0 Å². The van der Waals surface area contributed by atoms with E-state index in [4.69, 9.17) is 4.74 Å². The van der Waals surface area contributed by atoms with Crippen molar-refractivity contribution in [1.29, 1.82) is 0 Å². The van der Waals surface area contributed by atoms with Crippen LogP contribution in [-0.2, 0) is 16.2 Å². The largest absolute Gasteiger partial charge is 0.489 e. The lowest BCUT2D eigenvalue weighted by atomic mass is 10.2. The second-order valence-corrected chi connectivity index (χ2v) is 6.09. The number of nitro benzene ring substituents is 1. The van der Waals surface area contributed by atoms with E-state index in [2.05, 4.69) is 15.8 Å². The number of benzene rings is 2. The van der Waals surface area contributed by atoms with Gasteiger partial charge in [-0.05, 0) is 41.8 Å². The standard InChI is InChI=1S/C20H22N4O5/c1-2-3-11-21-19(25)20(26)23-22-13-16-5-4-6-18(12-16)29-14-15-7-9-17(10-8-15)24(27)28/h4-10,12-13H,2-3,11,14H2,1H3,(H,21,25)(H,23,26)/b22-13-. The molecule has 9 nitrogen and oxygen atoms in total. The molecule has 9 heteroatoms. The maximum atomic E-state index is 11.6. The summed E-state index contributed by atoms with van der Waals surface area (Å²) in [5, 5.41) is 16.9. The van der Waals surface area contributed by atoms with Crippen LogP contribution in [0.5, 0.6) is 5.75 Å². The molecular weight excluding hydrogens is 376 g/mol. The number of ether oxygens (including phenoxy) is 1. The zero-order chi connectivity index (χ0) is 21.1. The summed E-state index contributed by atoms with van der Waals surface area (Å²) in [6.07, 6.45) is 3.12. The van der Waals surface area contributed by atoms with E-state index < -0.39 is 16.7 Å². The maximum Gasteiger partial charge on any atom is 0.329 e. The number of carbonyl (C=O) groups is 2. The SMILES string of the molecule is CCCCNC(=O)C(=O)N/N=C\c1cccc(OCc2ccc([N+](=O)[O-])cc2)c1. The number of hydrogen-bond donors (Lipinski definition) is 2. The Kier molecular flexibility index (Phi) is 8.30. The molecule has 0 radical (unpaired) electrons. The number of non-ortho nitro benzene ring substituents is 1. The van der Waals surface area contributed by atoms with E-state index in [9.17, 15) is 19.7 Å². The van der Waals surface area contributed by atoms with Gasteiger partial charge in [-0.1, -0.05) is 25.5 Å². The van der Waals surface area contributed by atoms with E-state index in [0.717, 1.165) is 18.4 Å². The molecule has 2 aromatic carbocycles. The highest BCUT2D eigenvalue weighted by molar-refractivity contribution is 6.35. The maximum absolute atomic E-state index is 11.6. The van der Waals surface area contributed by atoms with E-state index in [1.807, 2.05) is 6.92 Å². The molecule has 0 bridgehead atoms. The van der Waals surface area contributed by atoms with Gasteiger partial charge in [-0.15, -0.1) is 0 Å². The molecule has 152 valence electrons. The number of unbranched alkanes of at least 4 members (excludes halogenated alkanes) is 1. The fourth-order valence-electron chi connectivity index (χ4n) is 2.24. The van der Waals surface area contributed by atoms with Gasteiger partial charge in [0.05, 0.1) is 11.1 Å². The Hall–Kier alpha value is -3.75. The van der Waals surface area contributed by atoms with Crippen molar-refractivity contribution in [2.24, 2.45) is 5.10 Å². The summed E-state index contributed by atoms with van der Waals surface area (Å²) in [5.74, 6) is -0.991. The van der Waals surface area contributed by atoms with Crippen molar-refractivity contribution in [3.63, 3.8) is 0 Å². The smallest absolute Gasteiger partial charge is 0.329 e. The molecule has 0 saturated heterocycles. The molecule has 0 heterocycles. The summed E-state index contributed by atoms with van der Waals surface area (Å²) in [6, 6.07) is 13.1. The quantitative estimate of drug-likeness (QED) is 0.221. The normalized spacial score (nSPS) is 10.5. The van der Waals surface area contributed by atoms with E-state index in [-0.39, 0.29) is 12.3 Å². The Balaban J connectivity index is 1.85. The lowest BCUT2D eigenvalue weighted by Gasteiger charge is -2.07. The number of carbonyl (C=O) groups excluding carboxylic acids is 2. The van der Waals surface area contributed by atoms with Crippen molar-refractivity contribution in [3.8, 4) is 5.75 Å². The molecule has 2 rings (SSSR count). The average Bonchev–Trinajstić information content (AvgIpc) is 2.73. The molecule has 0 unspecified atom stereocenters. The minimum atomic E-state index is -0.831. The van der Waals surface area contributed by atoms with Gasteiger partial charge in [-0.2, -0.15) is 5.10 Å². The van der Waals surface area contributed by atoms with Crippen molar-refractivity contribution < 1.29 is 19.2 Å². The van der Waals surface area contributed by atoms with Crippen LogP contribution in [-0.4, -0.2) is 29.5 Å². The van der Waals surface area contributed by atoms with Gasteiger partial charge in [-0.25, -0.2) is 5.43 Å². The van der Waals surface area contributed by atoms with Gasteiger partial charge in [0.25, 0.3) is 5.69 Å². The number of hydrazone groups is 1. The molecule has 0 aliphatic carbocycles. The van der Waals surface area contributed by atoms with Crippen LogP contribution in [0.4, 0.5) is 5.69 Å². The monoisotopic (exact) mass is 398 g/mol. The third kappa shape index (κ3) is 7.41. The third-order valence-electron chi connectivity index (χ3n) is 3.81. The van der Waals surface area contributed by atoms with Crippen molar-refractivity contribution in [2.45, 2.75) is 26.4 Å². The topological polar surface area (TPSA) is 123 Å². The highest BCUT2D eigenvalue weighted by atomic mass is 16.6. The molecule has 0 atom stereocenters. The number of rotatable bonds is 9. The fourth-order valence-corrected chi connectivity index (χ4v) is 2.24. The Morgan fingerprint density at radius 3 is 2.62 bits per heavy atom. The highest BCUT2D eigenvalue weighted by Crippen LogP contribution is 2.16. The molecule has 29 heavy (non-hydrogen) atoms. The van der Waals surface area contributed by atoms with E-state index in [1.54, 1.807) is 36.4 Å². The molecule has 0 aliphatic rings. The van der Waals surface area contributed by atoms with Crippen molar-refractivity contribution in [3.05, 3.63) is 69.8 Å². The van der Waals surface area contributed by atoms with Crippen molar-refractivity contribution in [1.82, 2.24) is 10.7 Å². The van der Waals surface area contributed by atoms with Gasteiger partial charge in [0.15, 0.2) is 0 Å². The van der Waals surface area contributed by atoms with Gasteiger partial charge < -0.3 is 10.1 Å². The van der Waals surface area contributed by atoms with Crippen LogP contribution in [0.2, 0.25) is 0 Å². The lowest BCUT2D eigenvalue weighted by Crippen LogP contribution is -2.38. The zero-order valence-corrected chi connectivity index (χ0v) is 16.0. The zero-order valence-electron chi connectivity index (χ0n) is 16.0. The number of amides is 2. The average molecular weight is 398 g/mol. The highest BCUT2D eigenvalue weighted by Gasteiger charge is 2.11. The van der Waals surface area contributed by atoms with E-state index >= 15 is 0 Å². The van der Waals surface area contributed by atoms with Crippen LogP contribution in [0.1, 0.15) is 30.9 Å². The molecule has 2 N–H and O–H groups in total. The second kappa shape index (κ2) is 11.2. The van der Waals surface area contributed by atoms with Crippen LogP contribution < -0.4 is 15.5 Å². The minimum Gasteiger partial charge on any atom is -0.489 e. The summed E-state index contributed by atoms with van der Waals surface area (Å²) in [6.45, 7) is 2.67. The first kappa shape index (κ1) is 21.5. The van der Waals surface area contributed by atoms with Crippen molar-refractivity contribution in [2.75, 3.05) is 6.54 Å². The Bertz CT molecular complexity index is 881. The first-order valence-electron chi connectivity index (χ1n) is 9.07. The summed E-state index contributed by atoms with van der Waals surface area (Å²) in [5.41, 5.74) is 3.65. The van der Waals surface area contributed by atoms with Gasteiger partial charge in [0.1, 0.15) is 12.4 Å². The number of nitro groups is 1. The molecule has 0 aromatic heterocycles. The summed E-state index contributed by atoms with van der Waals surface area (Å²) in [7, 11) is 0. The van der Waals surface area contributed by atoms with E-state index in [1.165, 1.54) is 18.3 Å². The lowest BCUT2D eigenvalue weighted by molar-refractivity contribution is -0.384. The van der Waals surface area contributed by atoms with Gasteiger partial charge in [-0.3, -0.25) is 19.7 Å². The Labute approximate surface area is 167 Å². The second-order valence-electron chi connectivity index (χ2n) is 6.09. The summed E-state index contributed by atoms with van der Waals surface area (Å²) < 4.78 is 5.67. The third-order valence-corrected chi connectivity index (χ3v) is 3.81. The molecule has 2 amide bonds. The van der Waals surface area contributed by atoms with Crippen LogP contribution in [0.3, 0.4) is 0 Å². The van der Waals surface area contributed by atoms with Gasteiger partial charge in [0.2, 0.25) is 0 Å². The summed E-state index contributed by atoms with van der Waals surface area (Å²) >= 11 is 0. The molecule has 0 fully saturated rings.